The minimum atomic E-state index is -0.321. The molecule has 5 nitrogen and oxygen atoms in total. The first kappa shape index (κ1) is 17.7. The first-order chi connectivity index (χ1) is 11.5. The topological polar surface area (TPSA) is 60.1 Å². The Balaban J connectivity index is 2.25. The average molecular weight is 341 g/mol. The first-order valence-electron chi connectivity index (χ1n) is 8.71. The molecule has 134 valence electrons. The average Bonchev–Trinajstić information content (AvgIpc) is 2.81. The van der Waals surface area contributed by atoms with E-state index >= 15 is 0 Å². The van der Waals surface area contributed by atoms with E-state index in [9.17, 15) is 10.1 Å². The molecule has 0 saturated heterocycles. The Bertz CT molecular complexity index is 869. The van der Waals surface area contributed by atoms with Crippen LogP contribution in [0.2, 0.25) is 0 Å². The van der Waals surface area contributed by atoms with Gasteiger partial charge in [0.2, 0.25) is 0 Å². The number of nitrogens with one attached hydrogen (secondary N) is 1. The number of hydrogen-bond acceptors (Lipinski definition) is 3. The Morgan fingerprint density at radius 3 is 2.60 bits per heavy atom. The van der Waals surface area contributed by atoms with E-state index in [2.05, 4.69) is 56.8 Å². The molecule has 25 heavy (non-hydrogen) atoms. The van der Waals surface area contributed by atoms with E-state index in [-0.39, 0.29) is 21.6 Å². The summed E-state index contributed by atoms with van der Waals surface area (Å²) in [5, 5.41) is 15.8. The van der Waals surface area contributed by atoms with Crippen LogP contribution in [-0.2, 0) is 7.05 Å². The molecule has 0 fully saturated rings. The molecule has 1 aliphatic heterocycles. The van der Waals surface area contributed by atoms with Gasteiger partial charge >= 0.3 is 0 Å². The minimum absolute atomic E-state index is 0.0504. The van der Waals surface area contributed by atoms with E-state index in [0.29, 0.717) is 5.92 Å². The summed E-state index contributed by atoms with van der Waals surface area (Å²) in [5.74, 6) is 0.290. The lowest BCUT2D eigenvalue weighted by molar-refractivity contribution is -0.384. The maximum Gasteiger partial charge on any atom is 0.270 e. The number of aromatic nitrogens is 1. The lowest BCUT2D eigenvalue weighted by atomic mass is 9.64. The Hall–Kier alpha value is -2.14. The SMILES string of the molecule is Cn1cc(C2=CCNC(C)(C)C2C(C)(C)C)c2cc([N+](=O)[O-])ccc21. The predicted octanol–water partition coefficient (Wildman–Crippen LogP) is 4.51. The van der Waals surface area contributed by atoms with Crippen molar-refractivity contribution in [1.82, 2.24) is 9.88 Å². The second-order valence-corrected chi connectivity index (χ2v) is 8.67. The van der Waals surface area contributed by atoms with Gasteiger partial charge in [-0.3, -0.25) is 10.1 Å². The number of rotatable bonds is 2. The smallest absolute Gasteiger partial charge is 0.270 e. The zero-order valence-corrected chi connectivity index (χ0v) is 15.9. The molecule has 0 amide bonds. The van der Waals surface area contributed by atoms with E-state index in [0.717, 1.165) is 23.0 Å². The Labute approximate surface area is 148 Å². The minimum Gasteiger partial charge on any atom is -0.350 e. The maximum absolute atomic E-state index is 11.2. The summed E-state index contributed by atoms with van der Waals surface area (Å²) in [6.07, 6.45) is 4.36. The quantitative estimate of drug-likeness (QED) is 0.645. The number of nitrogens with zero attached hydrogens (tertiary/aromatic N) is 2. The maximum atomic E-state index is 11.2. The molecule has 1 N–H and O–H groups in total. The molecule has 1 aromatic carbocycles. The fourth-order valence-electron chi connectivity index (χ4n) is 4.57. The van der Waals surface area contributed by atoms with Crippen molar-refractivity contribution >= 4 is 22.2 Å². The van der Waals surface area contributed by atoms with Gasteiger partial charge in [-0.25, -0.2) is 0 Å². The van der Waals surface area contributed by atoms with Crippen molar-refractivity contribution in [3.05, 3.63) is 46.1 Å². The molecule has 2 heterocycles. The van der Waals surface area contributed by atoms with Crippen LogP contribution in [-0.4, -0.2) is 21.6 Å². The van der Waals surface area contributed by atoms with Crippen molar-refractivity contribution in [2.75, 3.05) is 6.54 Å². The largest absolute Gasteiger partial charge is 0.350 e. The van der Waals surface area contributed by atoms with Gasteiger partial charge in [-0.05, 0) is 30.9 Å². The molecule has 2 aromatic rings. The van der Waals surface area contributed by atoms with E-state index < -0.39 is 0 Å². The molecule has 0 radical (unpaired) electrons. The molecule has 1 atom stereocenters. The summed E-state index contributed by atoms with van der Waals surface area (Å²) in [5.41, 5.74) is 3.56. The summed E-state index contributed by atoms with van der Waals surface area (Å²) in [7, 11) is 2.00. The van der Waals surface area contributed by atoms with Crippen LogP contribution in [0.15, 0.2) is 30.5 Å². The van der Waals surface area contributed by atoms with Gasteiger partial charge in [-0.15, -0.1) is 0 Å². The van der Waals surface area contributed by atoms with Gasteiger partial charge in [0.1, 0.15) is 0 Å². The number of nitro benzene ring substituents is 1. The van der Waals surface area contributed by atoms with Crippen molar-refractivity contribution in [1.29, 1.82) is 0 Å². The molecular formula is C20H27N3O2. The molecule has 1 unspecified atom stereocenters. The highest BCUT2D eigenvalue weighted by Crippen LogP contribution is 2.47. The standard InChI is InChI=1S/C20H27N3O2/c1-19(2,3)18-14(9-10-21-20(18,4)5)16-12-22(6)17-8-7-13(23(24)25)11-15(16)17/h7-9,11-12,18,21H,10H2,1-6H3. The van der Waals surface area contributed by atoms with Crippen LogP contribution in [0.5, 0.6) is 0 Å². The summed E-state index contributed by atoms with van der Waals surface area (Å²) in [6.45, 7) is 12.1. The van der Waals surface area contributed by atoms with E-state index in [1.165, 1.54) is 5.57 Å². The number of nitro groups is 1. The molecule has 5 heteroatoms. The summed E-state index contributed by atoms with van der Waals surface area (Å²) in [4.78, 5) is 10.9. The highest BCUT2D eigenvalue weighted by molar-refractivity contribution is 5.95. The van der Waals surface area contributed by atoms with Gasteiger partial charge in [0, 0.05) is 59.8 Å². The highest BCUT2D eigenvalue weighted by Gasteiger charge is 2.42. The van der Waals surface area contributed by atoms with Crippen molar-refractivity contribution in [3.8, 4) is 0 Å². The van der Waals surface area contributed by atoms with Crippen LogP contribution in [0.4, 0.5) is 5.69 Å². The number of benzene rings is 1. The Morgan fingerprint density at radius 2 is 2.00 bits per heavy atom. The van der Waals surface area contributed by atoms with Gasteiger partial charge in [0.15, 0.2) is 0 Å². The van der Waals surface area contributed by atoms with Gasteiger partial charge in [-0.1, -0.05) is 26.8 Å². The molecular weight excluding hydrogens is 314 g/mol. The number of fused-ring (bicyclic) bond motifs is 1. The zero-order valence-electron chi connectivity index (χ0n) is 15.9. The molecule has 0 aliphatic carbocycles. The third-order valence-electron chi connectivity index (χ3n) is 5.27. The van der Waals surface area contributed by atoms with Crippen molar-refractivity contribution < 1.29 is 4.92 Å². The van der Waals surface area contributed by atoms with E-state index in [1.807, 2.05) is 13.1 Å². The fraction of sp³-hybridized carbons (Fsp3) is 0.500. The summed E-state index contributed by atoms with van der Waals surface area (Å²) in [6, 6.07) is 5.13. The lowest BCUT2D eigenvalue weighted by Crippen LogP contribution is -2.53. The summed E-state index contributed by atoms with van der Waals surface area (Å²) < 4.78 is 2.06. The first-order valence-corrected chi connectivity index (χ1v) is 8.71. The third kappa shape index (κ3) is 2.97. The number of hydrogen-bond donors (Lipinski definition) is 1. The van der Waals surface area contributed by atoms with Gasteiger partial charge in [0.25, 0.3) is 5.69 Å². The molecule has 3 rings (SSSR count). The van der Waals surface area contributed by atoms with Gasteiger partial charge in [-0.2, -0.15) is 0 Å². The van der Waals surface area contributed by atoms with Gasteiger partial charge in [0.05, 0.1) is 4.92 Å². The zero-order chi connectivity index (χ0) is 18.6. The van der Waals surface area contributed by atoms with Crippen LogP contribution in [0.1, 0.15) is 40.2 Å². The molecule has 1 aliphatic rings. The Kier molecular flexibility index (Phi) is 4.03. The Morgan fingerprint density at radius 1 is 1.32 bits per heavy atom. The fourth-order valence-corrected chi connectivity index (χ4v) is 4.57. The monoisotopic (exact) mass is 341 g/mol. The van der Waals surface area contributed by atoms with Crippen LogP contribution >= 0.6 is 0 Å². The second kappa shape index (κ2) is 5.70. The van der Waals surface area contributed by atoms with Crippen LogP contribution in [0.25, 0.3) is 16.5 Å². The molecule has 1 aromatic heterocycles. The lowest BCUT2D eigenvalue weighted by Gasteiger charge is -2.47. The van der Waals surface area contributed by atoms with Crippen molar-refractivity contribution in [2.24, 2.45) is 18.4 Å². The van der Waals surface area contributed by atoms with Crippen LogP contribution in [0.3, 0.4) is 0 Å². The summed E-state index contributed by atoms with van der Waals surface area (Å²) >= 11 is 0. The predicted molar refractivity (Wildman–Crippen MR) is 103 cm³/mol. The van der Waals surface area contributed by atoms with E-state index in [1.54, 1.807) is 12.1 Å². The third-order valence-corrected chi connectivity index (χ3v) is 5.27. The number of non-ortho nitro benzene ring substituents is 1. The number of aryl methyl sites for hydroxylation is 1. The molecule has 0 saturated carbocycles. The van der Waals surface area contributed by atoms with Crippen LogP contribution in [0, 0.1) is 21.4 Å². The normalized spacial score (nSPS) is 20.6. The van der Waals surface area contributed by atoms with Crippen LogP contribution < -0.4 is 5.32 Å². The molecule has 0 spiro atoms. The van der Waals surface area contributed by atoms with E-state index in [4.69, 9.17) is 0 Å². The second-order valence-electron chi connectivity index (χ2n) is 8.67. The van der Waals surface area contributed by atoms with Gasteiger partial charge < -0.3 is 9.88 Å². The highest BCUT2D eigenvalue weighted by atomic mass is 16.6. The van der Waals surface area contributed by atoms with Crippen molar-refractivity contribution in [2.45, 2.75) is 40.2 Å². The van der Waals surface area contributed by atoms with Crippen molar-refractivity contribution in [3.63, 3.8) is 0 Å². The molecule has 0 bridgehead atoms.